The van der Waals surface area contributed by atoms with Gasteiger partial charge in [-0.1, -0.05) is 44.2 Å². The minimum atomic E-state index is 0.668. The van der Waals surface area contributed by atoms with Crippen LogP contribution in [0.4, 0.5) is 0 Å². The maximum atomic E-state index is 3.68. The molecular formula is C16H27NS. The molecule has 0 amide bonds. The van der Waals surface area contributed by atoms with Gasteiger partial charge in [-0.3, -0.25) is 0 Å². The second-order valence-electron chi connectivity index (χ2n) is 4.75. The molecule has 0 saturated carbocycles. The molecule has 1 rings (SSSR count). The highest BCUT2D eigenvalue weighted by atomic mass is 32.2. The Morgan fingerprint density at radius 2 is 1.89 bits per heavy atom. The van der Waals surface area contributed by atoms with Gasteiger partial charge < -0.3 is 5.32 Å². The highest BCUT2D eigenvalue weighted by Gasteiger charge is 2.07. The van der Waals surface area contributed by atoms with E-state index in [-0.39, 0.29) is 0 Å². The molecule has 0 aliphatic carbocycles. The Labute approximate surface area is 117 Å². The van der Waals surface area contributed by atoms with Gasteiger partial charge in [-0.05, 0) is 43.5 Å². The van der Waals surface area contributed by atoms with Gasteiger partial charge in [0.2, 0.25) is 0 Å². The van der Waals surface area contributed by atoms with Crippen molar-refractivity contribution in [3.8, 4) is 0 Å². The number of rotatable bonds is 10. The summed E-state index contributed by atoms with van der Waals surface area (Å²) >= 11 is 2.08. The van der Waals surface area contributed by atoms with Crippen LogP contribution in [0.5, 0.6) is 0 Å². The molecule has 2 heteroatoms. The fraction of sp³-hybridized carbons (Fsp3) is 0.625. The molecule has 0 fully saturated rings. The molecule has 0 aliphatic rings. The predicted octanol–water partition coefficient (Wildman–Crippen LogP) is 4.13. The smallest absolute Gasteiger partial charge is 0.0161 e. The molecule has 0 heterocycles. The maximum Gasteiger partial charge on any atom is 0.0161 e. The molecule has 1 aromatic rings. The maximum absolute atomic E-state index is 3.68. The van der Waals surface area contributed by atoms with E-state index in [1.165, 1.54) is 42.8 Å². The quantitative estimate of drug-likeness (QED) is 0.638. The fourth-order valence-electron chi connectivity index (χ4n) is 1.95. The van der Waals surface area contributed by atoms with Crippen LogP contribution in [-0.2, 0) is 6.42 Å². The predicted molar refractivity (Wildman–Crippen MR) is 84.5 cm³/mol. The van der Waals surface area contributed by atoms with Crippen LogP contribution in [0.15, 0.2) is 30.3 Å². The summed E-state index contributed by atoms with van der Waals surface area (Å²) < 4.78 is 0. The van der Waals surface area contributed by atoms with Crippen molar-refractivity contribution in [2.24, 2.45) is 0 Å². The topological polar surface area (TPSA) is 12.0 Å². The van der Waals surface area contributed by atoms with E-state index in [1.807, 2.05) is 0 Å². The van der Waals surface area contributed by atoms with Crippen molar-refractivity contribution in [1.82, 2.24) is 5.32 Å². The molecule has 0 bridgehead atoms. The van der Waals surface area contributed by atoms with Crippen LogP contribution >= 0.6 is 11.8 Å². The van der Waals surface area contributed by atoms with E-state index in [1.54, 1.807) is 0 Å². The average molecular weight is 265 g/mol. The molecule has 102 valence electrons. The number of hydrogen-bond acceptors (Lipinski definition) is 2. The van der Waals surface area contributed by atoms with Gasteiger partial charge in [-0.25, -0.2) is 0 Å². The highest BCUT2D eigenvalue weighted by Crippen LogP contribution is 2.11. The first-order valence-corrected chi connectivity index (χ1v) is 8.37. The van der Waals surface area contributed by atoms with Gasteiger partial charge in [-0.15, -0.1) is 0 Å². The first kappa shape index (κ1) is 15.6. The molecular weight excluding hydrogens is 238 g/mol. The van der Waals surface area contributed by atoms with Crippen molar-refractivity contribution in [1.29, 1.82) is 0 Å². The number of benzene rings is 1. The van der Waals surface area contributed by atoms with Crippen LogP contribution in [0, 0.1) is 0 Å². The average Bonchev–Trinajstić information content (AvgIpc) is 2.42. The van der Waals surface area contributed by atoms with Crippen molar-refractivity contribution >= 4 is 11.8 Å². The Hall–Kier alpha value is -0.470. The Morgan fingerprint density at radius 1 is 1.11 bits per heavy atom. The summed E-state index contributed by atoms with van der Waals surface area (Å²) in [5, 5.41) is 3.68. The zero-order valence-corrected chi connectivity index (χ0v) is 12.6. The zero-order chi connectivity index (χ0) is 13.1. The molecule has 1 aromatic carbocycles. The molecule has 1 unspecified atom stereocenters. The minimum absolute atomic E-state index is 0.668. The van der Waals surface area contributed by atoms with Gasteiger partial charge in [0.05, 0.1) is 0 Å². The summed E-state index contributed by atoms with van der Waals surface area (Å²) in [5.41, 5.74) is 1.46. The van der Waals surface area contributed by atoms with Gasteiger partial charge in [0.15, 0.2) is 0 Å². The largest absolute Gasteiger partial charge is 0.313 e. The summed E-state index contributed by atoms with van der Waals surface area (Å²) in [7, 11) is 0. The van der Waals surface area contributed by atoms with Crippen molar-refractivity contribution in [2.45, 2.75) is 45.6 Å². The van der Waals surface area contributed by atoms with E-state index < -0.39 is 0 Å². The third kappa shape index (κ3) is 7.07. The summed E-state index contributed by atoms with van der Waals surface area (Å²) in [5.74, 6) is 2.54. The summed E-state index contributed by atoms with van der Waals surface area (Å²) in [6.45, 7) is 5.64. The first-order valence-electron chi connectivity index (χ1n) is 7.21. The van der Waals surface area contributed by atoms with Gasteiger partial charge in [0.1, 0.15) is 0 Å². The minimum Gasteiger partial charge on any atom is -0.313 e. The molecule has 1 N–H and O–H groups in total. The third-order valence-corrected chi connectivity index (χ3v) is 4.31. The van der Waals surface area contributed by atoms with Crippen molar-refractivity contribution in [2.75, 3.05) is 18.1 Å². The van der Waals surface area contributed by atoms with Crippen LogP contribution in [0.1, 0.15) is 38.7 Å². The lowest BCUT2D eigenvalue weighted by atomic mass is 10.1. The van der Waals surface area contributed by atoms with Crippen molar-refractivity contribution in [3.05, 3.63) is 35.9 Å². The molecule has 0 spiro atoms. The van der Waals surface area contributed by atoms with Crippen LogP contribution < -0.4 is 5.32 Å². The third-order valence-electron chi connectivity index (χ3n) is 2.97. The van der Waals surface area contributed by atoms with Crippen LogP contribution in [0.3, 0.4) is 0 Å². The summed E-state index contributed by atoms with van der Waals surface area (Å²) in [4.78, 5) is 0. The Kier molecular flexibility index (Phi) is 9.05. The molecule has 1 atom stereocenters. The lowest BCUT2D eigenvalue weighted by molar-refractivity contribution is 0.520. The van der Waals surface area contributed by atoms with Crippen LogP contribution in [-0.4, -0.2) is 24.1 Å². The first-order chi connectivity index (χ1) is 8.86. The van der Waals surface area contributed by atoms with Crippen LogP contribution in [0.25, 0.3) is 0 Å². The van der Waals surface area contributed by atoms with E-state index >= 15 is 0 Å². The molecule has 18 heavy (non-hydrogen) atoms. The zero-order valence-electron chi connectivity index (χ0n) is 11.8. The molecule has 1 nitrogen and oxygen atoms in total. The fourth-order valence-corrected chi connectivity index (χ4v) is 2.97. The van der Waals surface area contributed by atoms with E-state index in [2.05, 4.69) is 61.3 Å². The SMILES string of the molecule is CCCNC(CCc1ccccc1)CSCCC. The van der Waals surface area contributed by atoms with Crippen molar-refractivity contribution < 1.29 is 0 Å². The Bertz CT molecular complexity index is 286. The van der Waals surface area contributed by atoms with Crippen molar-refractivity contribution in [3.63, 3.8) is 0 Å². The molecule has 0 saturated heterocycles. The normalized spacial score (nSPS) is 12.6. The van der Waals surface area contributed by atoms with Gasteiger partial charge in [0, 0.05) is 11.8 Å². The number of aryl methyl sites for hydroxylation is 1. The standard InChI is InChI=1S/C16H27NS/c1-3-12-17-16(14-18-13-4-2)11-10-15-8-6-5-7-9-15/h5-9,16-17H,3-4,10-14H2,1-2H3. The van der Waals surface area contributed by atoms with E-state index in [9.17, 15) is 0 Å². The van der Waals surface area contributed by atoms with Gasteiger partial charge in [0.25, 0.3) is 0 Å². The molecule has 0 aromatic heterocycles. The van der Waals surface area contributed by atoms with E-state index in [0.717, 1.165) is 6.54 Å². The number of hydrogen-bond donors (Lipinski definition) is 1. The molecule has 0 aliphatic heterocycles. The summed E-state index contributed by atoms with van der Waals surface area (Å²) in [6, 6.07) is 11.5. The second-order valence-corrected chi connectivity index (χ2v) is 5.90. The monoisotopic (exact) mass is 265 g/mol. The second kappa shape index (κ2) is 10.5. The number of thioether (sulfide) groups is 1. The van der Waals surface area contributed by atoms with E-state index in [4.69, 9.17) is 0 Å². The molecule has 0 radical (unpaired) electrons. The van der Waals surface area contributed by atoms with Crippen LogP contribution in [0.2, 0.25) is 0 Å². The lowest BCUT2D eigenvalue weighted by Gasteiger charge is -2.18. The van der Waals surface area contributed by atoms with E-state index in [0.29, 0.717) is 6.04 Å². The lowest BCUT2D eigenvalue weighted by Crippen LogP contribution is -2.32. The highest BCUT2D eigenvalue weighted by molar-refractivity contribution is 7.99. The Balaban J connectivity index is 2.30. The van der Waals surface area contributed by atoms with Gasteiger partial charge >= 0.3 is 0 Å². The number of nitrogens with one attached hydrogen (secondary N) is 1. The summed E-state index contributed by atoms with van der Waals surface area (Å²) in [6.07, 6.45) is 4.94. The Morgan fingerprint density at radius 3 is 2.56 bits per heavy atom. The van der Waals surface area contributed by atoms with Gasteiger partial charge in [-0.2, -0.15) is 11.8 Å².